The van der Waals surface area contributed by atoms with Gasteiger partial charge < -0.3 is 4.57 Å². The Kier molecular flexibility index (Phi) is 4.83. The second-order valence-electron chi connectivity index (χ2n) is 5.78. The summed E-state index contributed by atoms with van der Waals surface area (Å²) in [4.78, 5) is 0. The molecule has 0 spiro atoms. The van der Waals surface area contributed by atoms with Crippen LogP contribution < -0.4 is 10.6 Å². The molecule has 0 aliphatic heterocycles. The molecular formula is C22H21OP. The predicted molar refractivity (Wildman–Crippen MR) is 105 cm³/mol. The molecule has 0 saturated heterocycles. The van der Waals surface area contributed by atoms with Crippen LogP contribution in [0.15, 0.2) is 91.5 Å². The zero-order valence-electron chi connectivity index (χ0n) is 13.9. The highest BCUT2D eigenvalue weighted by molar-refractivity contribution is 7.87. The quantitative estimate of drug-likeness (QED) is 0.584. The molecule has 0 aliphatic rings. The molecule has 1 nitrogen and oxygen atoms in total. The van der Waals surface area contributed by atoms with Crippen LogP contribution in [-0.4, -0.2) is 0 Å². The zero-order chi connectivity index (χ0) is 17.0. The van der Waals surface area contributed by atoms with Gasteiger partial charge in [0.15, 0.2) is 7.14 Å². The normalized spacial score (nSPS) is 11.2. The average Bonchev–Trinajstić information content (AvgIpc) is 2.68. The molecule has 0 radical (unpaired) electrons. The summed E-state index contributed by atoms with van der Waals surface area (Å²) in [5, 5.41) is 2.32. The van der Waals surface area contributed by atoms with Crippen molar-refractivity contribution in [3.05, 3.63) is 103 Å². The maximum Gasteiger partial charge on any atom is 0.171 e. The van der Waals surface area contributed by atoms with Crippen molar-refractivity contribution in [2.24, 2.45) is 0 Å². The number of aryl methyl sites for hydroxylation is 1. The van der Waals surface area contributed by atoms with Crippen LogP contribution in [0.3, 0.4) is 0 Å². The van der Waals surface area contributed by atoms with E-state index in [1.807, 2.05) is 72.8 Å². The van der Waals surface area contributed by atoms with Crippen LogP contribution in [0.2, 0.25) is 0 Å². The van der Waals surface area contributed by atoms with Crippen LogP contribution in [0.4, 0.5) is 0 Å². The fraction of sp³-hybridized carbons (Fsp3) is 0.0909. The van der Waals surface area contributed by atoms with Crippen LogP contribution in [0.5, 0.6) is 0 Å². The van der Waals surface area contributed by atoms with E-state index in [1.54, 1.807) is 0 Å². The molecular weight excluding hydrogens is 311 g/mol. The van der Waals surface area contributed by atoms with E-state index >= 15 is 0 Å². The summed E-state index contributed by atoms with van der Waals surface area (Å²) in [5.74, 6) is 0. The molecule has 0 saturated carbocycles. The molecule has 3 aromatic carbocycles. The molecule has 120 valence electrons. The Morgan fingerprint density at radius 3 is 1.67 bits per heavy atom. The molecule has 0 aromatic heterocycles. The Hall–Kier alpha value is -2.37. The van der Waals surface area contributed by atoms with E-state index < -0.39 is 7.14 Å². The van der Waals surface area contributed by atoms with Crippen LogP contribution >= 0.6 is 7.14 Å². The lowest BCUT2D eigenvalue weighted by Crippen LogP contribution is -2.16. The third-order valence-electron chi connectivity index (χ3n) is 4.32. The van der Waals surface area contributed by atoms with Gasteiger partial charge in [-0.25, -0.2) is 0 Å². The first-order valence-electron chi connectivity index (χ1n) is 8.16. The second kappa shape index (κ2) is 7.03. The van der Waals surface area contributed by atoms with Crippen LogP contribution in [0.1, 0.15) is 18.1 Å². The summed E-state index contributed by atoms with van der Waals surface area (Å²) in [6.45, 7) is 6.37. The van der Waals surface area contributed by atoms with Crippen molar-refractivity contribution in [1.82, 2.24) is 0 Å². The van der Waals surface area contributed by atoms with Crippen molar-refractivity contribution < 1.29 is 4.57 Å². The van der Waals surface area contributed by atoms with Crippen LogP contribution in [0, 0.1) is 0 Å². The number of benzene rings is 3. The average molecular weight is 332 g/mol. The smallest absolute Gasteiger partial charge is 0.171 e. The molecule has 0 N–H and O–H groups in total. The number of hydrogen-bond acceptors (Lipinski definition) is 1. The SMILES string of the molecule is C=C(c1ccc(CC)cc1)P(=O)(c1ccccc1)c1ccccc1. The summed E-state index contributed by atoms with van der Waals surface area (Å²) in [6.07, 6.45) is 0.988. The van der Waals surface area contributed by atoms with E-state index in [4.69, 9.17) is 0 Å². The van der Waals surface area contributed by atoms with Gasteiger partial charge in [0, 0.05) is 15.9 Å². The van der Waals surface area contributed by atoms with E-state index in [2.05, 4.69) is 25.6 Å². The van der Waals surface area contributed by atoms with Gasteiger partial charge in [0.05, 0.1) is 0 Å². The van der Waals surface area contributed by atoms with E-state index in [0.29, 0.717) is 5.31 Å². The van der Waals surface area contributed by atoms with Gasteiger partial charge in [-0.1, -0.05) is 98.4 Å². The highest BCUT2D eigenvalue weighted by Crippen LogP contribution is 2.55. The molecule has 0 heterocycles. The van der Waals surface area contributed by atoms with Crippen LogP contribution in [0.25, 0.3) is 5.31 Å². The Balaban J connectivity index is 2.15. The van der Waals surface area contributed by atoms with Crippen molar-refractivity contribution >= 4 is 23.1 Å². The van der Waals surface area contributed by atoms with Gasteiger partial charge in [-0.3, -0.25) is 0 Å². The Morgan fingerprint density at radius 1 is 0.792 bits per heavy atom. The van der Waals surface area contributed by atoms with Crippen molar-refractivity contribution in [2.45, 2.75) is 13.3 Å². The highest BCUT2D eigenvalue weighted by Gasteiger charge is 2.31. The standard InChI is InChI=1S/C22H21OP/c1-3-19-14-16-20(17-15-19)18(2)24(23,21-10-6-4-7-11-21)22-12-8-5-9-13-22/h4-17H,2-3H2,1H3. The van der Waals surface area contributed by atoms with Gasteiger partial charge in [0.25, 0.3) is 0 Å². The minimum atomic E-state index is -2.96. The highest BCUT2D eigenvalue weighted by atomic mass is 31.2. The monoisotopic (exact) mass is 332 g/mol. The van der Waals surface area contributed by atoms with Crippen molar-refractivity contribution in [3.8, 4) is 0 Å². The van der Waals surface area contributed by atoms with E-state index in [0.717, 1.165) is 22.6 Å². The zero-order valence-corrected chi connectivity index (χ0v) is 14.7. The summed E-state index contributed by atoms with van der Waals surface area (Å²) in [7, 11) is -2.96. The second-order valence-corrected chi connectivity index (χ2v) is 8.57. The molecule has 0 atom stereocenters. The third-order valence-corrected chi connectivity index (χ3v) is 7.38. The lowest BCUT2D eigenvalue weighted by Gasteiger charge is -2.22. The molecule has 0 bridgehead atoms. The third kappa shape index (κ3) is 3.00. The van der Waals surface area contributed by atoms with Crippen molar-refractivity contribution in [2.75, 3.05) is 0 Å². The summed E-state index contributed by atoms with van der Waals surface area (Å²) < 4.78 is 14.2. The van der Waals surface area contributed by atoms with E-state index in [9.17, 15) is 4.57 Å². The first-order chi connectivity index (χ1) is 11.7. The largest absolute Gasteiger partial charge is 0.309 e. The number of hydrogen-bond donors (Lipinski definition) is 0. The lowest BCUT2D eigenvalue weighted by molar-refractivity contribution is 0.593. The summed E-state index contributed by atoms with van der Waals surface area (Å²) >= 11 is 0. The maximum absolute atomic E-state index is 14.2. The van der Waals surface area contributed by atoms with Crippen LogP contribution in [-0.2, 0) is 11.0 Å². The van der Waals surface area contributed by atoms with Gasteiger partial charge >= 0.3 is 0 Å². The Labute approximate surface area is 144 Å². The topological polar surface area (TPSA) is 17.1 Å². The molecule has 0 unspecified atom stereocenters. The fourth-order valence-electron chi connectivity index (χ4n) is 2.85. The van der Waals surface area contributed by atoms with E-state index in [1.165, 1.54) is 5.56 Å². The summed E-state index contributed by atoms with van der Waals surface area (Å²) in [5.41, 5.74) is 2.20. The molecule has 3 rings (SSSR count). The molecule has 0 aliphatic carbocycles. The van der Waals surface area contributed by atoms with Gasteiger partial charge in [-0.15, -0.1) is 0 Å². The minimum Gasteiger partial charge on any atom is -0.309 e. The molecule has 3 aromatic rings. The lowest BCUT2D eigenvalue weighted by atomic mass is 10.1. The molecule has 2 heteroatoms. The predicted octanol–water partition coefficient (Wildman–Crippen LogP) is 5.23. The molecule has 0 fully saturated rings. The first-order valence-corrected chi connectivity index (χ1v) is 9.87. The molecule has 24 heavy (non-hydrogen) atoms. The first kappa shape index (κ1) is 16.5. The van der Waals surface area contributed by atoms with Gasteiger partial charge in [0.2, 0.25) is 0 Å². The van der Waals surface area contributed by atoms with E-state index in [-0.39, 0.29) is 0 Å². The van der Waals surface area contributed by atoms with Crippen molar-refractivity contribution in [3.63, 3.8) is 0 Å². The number of rotatable bonds is 5. The Morgan fingerprint density at radius 2 is 1.25 bits per heavy atom. The maximum atomic E-state index is 14.2. The van der Waals surface area contributed by atoms with Gasteiger partial charge in [0.1, 0.15) is 0 Å². The summed E-state index contributed by atoms with van der Waals surface area (Å²) in [6, 6.07) is 27.5. The Bertz CT molecular complexity index is 821. The van der Waals surface area contributed by atoms with Crippen molar-refractivity contribution in [1.29, 1.82) is 0 Å². The minimum absolute atomic E-state index is 0.683. The molecule has 0 amide bonds. The van der Waals surface area contributed by atoms with Gasteiger partial charge in [-0.2, -0.15) is 0 Å². The fourth-order valence-corrected chi connectivity index (χ4v) is 5.47. The van der Waals surface area contributed by atoms with Gasteiger partial charge in [-0.05, 0) is 17.5 Å².